The van der Waals surface area contributed by atoms with Gasteiger partial charge in [0.15, 0.2) is 5.65 Å². The molecule has 0 unspecified atom stereocenters. The minimum atomic E-state index is -0.0531. The summed E-state index contributed by atoms with van der Waals surface area (Å²) in [7, 11) is 0. The van der Waals surface area contributed by atoms with E-state index in [4.69, 9.17) is 17.3 Å². The summed E-state index contributed by atoms with van der Waals surface area (Å²) >= 11 is 0. The van der Waals surface area contributed by atoms with E-state index in [0.717, 1.165) is 17.0 Å². The van der Waals surface area contributed by atoms with Crippen LogP contribution in [0.25, 0.3) is 5.65 Å². The molecule has 7 heteroatoms. The number of rotatable bonds is 0. The molecule has 0 spiro atoms. The van der Waals surface area contributed by atoms with Gasteiger partial charge in [-0.05, 0) is 24.3 Å². The zero-order valence-electron chi connectivity index (χ0n) is 13.6. The third-order valence-electron chi connectivity index (χ3n) is 3.31. The molecule has 0 fully saturated rings. The molecule has 0 aliphatic carbocycles. The molecule has 0 aromatic carbocycles. The van der Waals surface area contributed by atoms with Crippen molar-refractivity contribution < 1.29 is 0 Å². The fraction of sp³-hybridized carbons (Fsp3) is 0.250. The van der Waals surface area contributed by atoms with E-state index in [2.05, 4.69) is 31.0 Å². The molecule has 1 aliphatic heterocycles. The Labute approximate surface area is 135 Å². The van der Waals surface area contributed by atoms with Crippen LogP contribution in [0.15, 0.2) is 60.2 Å². The van der Waals surface area contributed by atoms with Crippen LogP contribution in [0.3, 0.4) is 0 Å². The van der Waals surface area contributed by atoms with E-state index in [-0.39, 0.29) is 5.41 Å². The summed E-state index contributed by atoms with van der Waals surface area (Å²) in [4.78, 5) is 0. The van der Waals surface area contributed by atoms with Crippen LogP contribution in [0, 0.1) is 5.41 Å². The summed E-state index contributed by atoms with van der Waals surface area (Å²) < 4.78 is 1.72. The van der Waals surface area contributed by atoms with Crippen molar-refractivity contribution in [3.8, 4) is 0 Å². The lowest BCUT2D eigenvalue weighted by atomic mass is 9.90. The topological polar surface area (TPSA) is 111 Å². The highest BCUT2D eigenvalue weighted by Crippen LogP contribution is 2.25. The standard InChI is InChI=1S/C10H17N3.C6H6N4/c1-10(2,3)9(11)8-6-4-5-7-13(8)12;7-6-9-8-5-3-1-2-4-10(5)6/h4-7H,11-12H2,1-3H3;1-4H,(H2,7,9)/b9-8-;. The normalized spacial score (nSPS) is 16.3. The van der Waals surface area contributed by atoms with Crippen molar-refractivity contribution in [1.82, 2.24) is 19.6 Å². The maximum absolute atomic E-state index is 5.99. The predicted molar refractivity (Wildman–Crippen MR) is 92.4 cm³/mol. The highest BCUT2D eigenvalue weighted by atomic mass is 15.4. The van der Waals surface area contributed by atoms with E-state index in [0.29, 0.717) is 5.95 Å². The Morgan fingerprint density at radius 3 is 2.48 bits per heavy atom. The quantitative estimate of drug-likeness (QED) is 0.639. The van der Waals surface area contributed by atoms with E-state index < -0.39 is 0 Å². The zero-order valence-corrected chi connectivity index (χ0v) is 13.6. The summed E-state index contributed by atoms with van der Waals surface area (Å²) in [5, 5.41) is 9.03. The van der Waals surface area contributed by atoms with Crippen LogP contribution in [-0.4, -0.2) is 19.6 Å². The first-order valence-corrected chi connectivity index (χ1v) is 7.25. The van der Waals surface area contributed by atoms with Crippen molar-refractivity contribution in [3.63, 3.8) is 0 Å². The lowest BCUT2D eigenvalue weighted by Crippen LogP contribution is -2.31. The SMILES string of the molecule is CC(C)(C)/C(N)=C1\C=CC=CN1N.Nc1nnc2ccccn12. The average Bonchev–Trinajstić information content (AvgIpc) is 2.89. The fourth-order valence-corrected chi connectivity index (χ4v) is 1.93. The maximum Gasteiger partial charge on any atom is 0.226 e. The Hall–Kier alpha value is -2.80. The molecule has 122 valence electrons. The van der Waals surface area contributed by atoms with E-state index in [9.17, 15) is 0 Å². The molecule has 2 aromatic heterocycles. The number of nitrogen functional groups attached to an aromatic ring is 1. The lowest BCUT2D eigenvalue weighted by molar-refractivity contribution is 0.439. The van der Waals surface area contributed by atoms with Gasteiger partial charge in [0.05, 0.1) is 5.70 Å². The molecule has 3 heterocycles. The molecule has 0 atom stereocenters. The number of nitrogens with two attached hydrogens (primary N) is 3. The number of hydrogen-bond acceptors (Lipinski definition) is 6. The molecule has 0 radical (unpaired) electrons. The number of aromatic nitrogens is 3. The van der Waals surface area contributed by atoms with Gasteiger partial charge < -0.3 is 11.5 Å². The second-order valence-electron chi connectivity index (χ2n) is 6.14. The van der Waals surface area contributed by atoms with Gasteiger partial charge in [0.1, 0.15) is 0 Å². The maximum atomic E-state index is 5.99. The second-order valence-corrected chi connectivity index (χ2v) is 6.14. The Bertz CT molecular complexity index is 762. The van der Waals surface area contributed by atoms with Crippen molar-refractivity contribution >= 4 is 11.6 Å². The van der Waals surface area contributed by atoms with Crippen molar-refractivity contribution in [2.45, 2.75) is 20.8 Å². The Kier molecular flexibility index (Phi) is 4.71. The lowest BCUT2D eigenvalue weighted by Gasteiger charge is -2.26. The first-order chi connectivity index (χ1) is 10.8. The molecule has 23 heavy (non-hydrogen) atoms. The monoisotopic (exact) mass is 313 g/mol. The van der Waals surface area contributed by atoms with Crippen molar-refractivity contribution in [3.05, 3.63) is 60.2 Å². The summed E-state index contributed by atoms with van der Waals surface area (Å²) in [6.45, 7) is 6.19. The van der Waals surface area contributed by atoms with E-state index in [1.54, 1.807) is 15.6 Å². The van der Waals surface area contributed by atoms with Crippen LogP contribution in [0.5, 0.6) is 0 Å². The van der Waals surface area contributed by atoms with E-state index >= 15 is 0 Å². The van der Waals surface area contributed by atoms with Crippen LogP contribution >= 0.6 is 0 Å². The van der Waals surface area contributed by atoms with Gasteiger partial charge in [-0.2, -0.15) is 0 Å². The van der Waals surface area contributed by atoms with Gasteiger partial charge in [0, 0.05) is 23.5 Å². The molecule has 0 bridgehead atoms. The molecule has 0 amide bonds. The summed E-state index contributed by atoms with van der Waals surface area (Å²) in [6.07, 6.45) is 9.33. The molecule has 3 rings (SSSR count). The van der Waals surface area contributed by atoms with Gasteiger partial charge in [0.2, 0.25) is 5.95 Å². The number of pyridine rings is 1. The summed E-state index contributed by atoms with van der Waals surface area (Å²) in [5.41, 5.74) is 13.9. The third kappa shape index (κ3) is 3.89. The average molecular weight is 313 g/mol. The van der Waals surface area contributed by atoms with Gasteiger partial charge in [-0.1, -0.05) is 32.9 Å². The molecular weight excluding hydrogens is 290 g/mol. The van der Waals surface area contributed by atoms with Crippen molar-refractivity contribution in [2.24, 2.45) is 17.0 Å². The fourth-order valence-electron chi connectivity index (χ4n) is 1.93. The van der Waals surface area contributed by atoms with Crippen molar-refractivity contribution in [1.29, 1.82) is 0 Å². The van der Waals surface area contributed by atoms with Gasteiger partial charge in [-0.25, -0.2) is 5.84 Å². The number of fused-ring (bicyclic) bond motifs is 1. The molecular formula is C16H23N7. The minimum absolute atomic E-state index is 0.0531. The van der Waals surface area contributed by atoms with Gasteiger partial charge in [-0.15, -0.1) is 10.2 Å². The Morgan fingerprint density at radius 2 is 1.87 bits per heavy atom. The van der Waals surface area contributed by atoms with Crippen LogP contribution in [0.1, 0.15) is 20.8 Å². The van der Waals surface area contributed by atoms with Crippen LogP contribution < -0.4 is 17.3 Å². The Morgan fingerprint density at radius 1 is 1.13 bits per heavy atom. The first-order valence-electron chi connectivity index (χ1n) is 7.25. The molecule has 7 nitrogen and oxygen atoms in total. The highest BCUT2D eigenvalue weighted by Gasteiger charge is 2.19. The molecule has 1 aliphatic rings. The molecule has 6 N–H and O–H groups in total. The molecule has 0 saturated carbocycles. The number of allylic oxidation sites excluding steroid dienone is 4. The largest absolute Gasteiger partial charge is 0.400 e. The predicted octanol–water partition coefficient (Wildman–Crippen LogP) is 1.77. The summed E-state index contributed by atoms with van der Waals surface area (Å²) in [6, 6.07) is 5.62. The first kappa shape index (κ1) is 16.6. The van der Waals surface area contributed by atoms with E-state index in [1.807, 2.05) is 42.6 Å². The zero-order chi connectivity index (χ0) is 17.0. The third-order valence-corrected chi connectivity index (χ3v) is 3.31. The van der Waals surface area contributed by atoms with Gasteiger partial charge in [-0.3, -0.25) is 9.41 Å². The van der Waals surface area contributed by atoms with Crippen LogP contribution in [0.4, 0.5) is 5.95 Å². The van der Waals surface area contributed by atoms with Gasteiger partial charge >= 0.3 is 0 Å². The molecule has 0 saturated heterocycles. The van der Waals surface area contributed by atoms with Crippen LogP contribution in [0.2, 0.25) is 0 Å². The Balaban J connectivity index is 0.000000172. The second kappa shape index (κ2) is 6.53. The van der Waals surface area contributed by atoms with Crippen LogP contribution in [-0.2, 0) is 0 Å². The smallest absolute Gasteiger partial charge is 0.226 e. The molecule has 2 aromatic rings. The number of anilines is 1. The highest BCUT2D eigenvalue weighted by molar-refractivity contribution is 5.42. The number of nitrogens with zero attached hydrogens (tertiary/aromatic N) is 4. The minimum Gasteiger partial charge on any atom is -0.400 e. The number of hydrogen-bond donors (Lipinski definition) is 3. The van der Waals surface area contributed by atoms with E-state index in [1.165, 1.54) is 0 Å². The number of hydrazine groups is 1. The van der Waals surface area contributed by atoms with Gasteiger partial charge in [0.25, 0.3) is 0 Å². The van der Waals surface area contributed by atoms with Crippen molar-refractivity contribution in [2.75, 3.05) is 5.73 Å². The summed E-state index contributed by atoms with van der Waals surface area (Å²) in [5.74, 6) is 6.16.